The molecule has 0 amide bonds. The van der Waals surface area contributed by atoms with Crippen LogP contribution in [-0.4, -0.2) is 44.0 Å². The number of aldehydes is 1. The quantitative estimate of drug-likeness (QED) is 0.625. The first-order valence-electron chi connectivity index (χ1n) is 7.46. The van der Waals surface area contributed by atoms with Crippen molar-refractivity contribution < 1.29 is 9.53 Å². The van der Waals surface area contributed by atoms with E-state index >= 15 is 0 Å². The normalized spacial score (nSPS) is 19.4. The molecule has 106 valence electrons. The summed E-state index contributed by atoms with van der Waals surface area (Å²) in [6, 6.07) is 0. The van der Waals surface area contributed by atoms with Crippen molar-refractivity contribution in [1.82, 2.24) is 4.90 Å². The SMILES string of the molecule is CCC(CC)CN(CC)CC1(C=O)CCOCC1. The van der Waals surface area contributed by atoms with Crippen LogP contribution in [0.4, 0.5) is 0 Å². The zero-order valence-corrected chi connectivity index (χ0v) is 12.3. The van der Waals surface area contributed by atoms with E-state index in [0.717, 1.165) is 51.6 Å². The second kappa shape index (κ2) is 7.90. The molecule has 0 aromatic heterocycles. The number of carbonyl (C=O) groups is 1. The second-order valence-corrected chi connectivity index (χ2v) is 5.60. The van der Waals surface area contributed by atoms with Gasteiger partial charge in [-0.25, -0.2) is 0 Å². The molecule has 0 radical (unpaired) electrons. The average Bonchev–Trinajstić information content (AvgIpc) is 2.44. The smallest absolute Gasteiger partial charge is 0.127 e. The van der Waals surface area contributed by atoms with Crippen molar-refractivity contribution in [2.75, 3.05) is 32.8 Å². The molecule has 1 rings (SSSR count). The van der Waals surface area contributed by atoms with Crippen LogP contribution in [0.2, 0.25) is 0 Å². The third kappa shape index (κ3) is 4.36. The molecule has 18 heavy (non-hydrogen) atoms. The number of hydrogen-bond acceptors (Lipinski definition) is 3. The van der Waals surface area contributed by atoms with Gasteiger partial charge in [-0.1, -0.05) is 33.6 Å². The minimum absolute atomic E-state index is 0.152. The molecular formula is C15H29NO2. The van der Waals surface area contributed by atoms with Gasteiger partial charge in [0.1, 0.15) is 6.29 Å². The minimum Gasteiger partial charge on any atom is -0.381 e. The predicted molar refractivity (Wildman–Crippen MR) is 74.7 cm³/mol. The van der Waals surface area contributed by atoms with Crippen LogP contribution in [-0.2, 0) is 9.53 Å². The fourth-order valence-corrected chi connectivity index (χ4v) is 2.75. The Morgan fingerprint density at radius 3 is 2.28 bits per heavy atom. The monoisotopic (exact) mass is 255 g/mol. The zero-order chi connectivity index (χ0) is 13.4. The highest BCUT2D eigenvalue weighted by molar-refractivity contribution is 5.60. The van der Waals surface area contributed by atoms with Crippen LogP contribution in [0.25, 0.3) is 0 Å². The van der Waals surface area contributed by atoms with Crippen LogP contribution in [0.3, 0.4) is 0 Å². The molecule has 0 aromatic rings. The summed E-state index contributed by atoms with van der Waals surface area (Å²) in [5.74, 6) is 0.758. The van der Waals surface area contributed by atoms with Gasteiger partial charge in [0.05, 0.1) is 0 Å². The summed E-state index contributed by atoms with van der Waals surface area (Å²) in [5.41, 5.74) is -0.152. The lowest BCUT2D eigenvalue weighted by Crippen LogP contribution is -2.44. The van der Waals surface area contributed by atoms with E-state index in [1.165, 1.54) is 19.1 Å². The number of carbonyl (C=O) groups excluding carboxylic acids is 1. The summed E-state index contributed by atoms with van der Waals surface area (Å²) in [6.45, 7) is 11.3. The van der Waals surface area contributed by atoms with Gasteiger partial charge < -0.3 is 14.4 Å². The Labute approximate surface area is 112 Å². The van der Waals surface area contributed by atoms with Gasteiger partial charge in [-0.2, -0.15) is 0 Å². The molecule has 1 aliphatic rings. The molecule has 0 unspecified atom stereocenters. The lowest BCUT2D eigenvalue weighted by Gasteiger charge is -2.37. The lowest BCUT2D eigenvalue weighted by molar-refractivity contribution is -0.123. The second-order valence-electron chi connectivity index (χ2n) is 5.60. The van der Waals surface area contributed by atoms with Crippen LogP contribution >= 0.6 is 0 Å². The van der Waals surface area contributed by atoms with Gasteiger partial charge in [-0.3, -0.25) is 0 Å². The van der Waals surface area contributed by atoms with Gasteiger partial charge in [0, 0.05) is 31.7 Å². The van der Waals surface area contributed by atoms with E-state index in [1.54, 1.807) is 0 Å². The Morgan fingerprint density at radius 2 is 1.83 bits per heavy atom. The summed E-state index contributed by atoms with van der Waals surface area (Å²) in [7, 11) is 0. The van der Waals surface area contributed by atoms with Crippen molar-refractivity contribution in [1.29, 1.82) is 0 Å². The Balaban J connectivity index is 2.56. The van der Waals surface area contributed by atoms with Gasteiger partial charge in [-0.15, -0.1) is 0 Å². The highest BCUT2D eigenvalue weighted by atomic mass is 16.5. The largest absolute Gasteiger partial charge is 0.381 e. The van der Waals surface area contributed by atoms with Crippen LogP contribution in [0.1, 0.15) is 46.5 Å². The lowest BCUT2D eigenvalue weighted by atomic mass is 9.81. The first-order valence-corrected chi connectivity index (χ1v) is 7.46. The van der Waals surface area contributed by atoms with E-state index in [1.807, 2.05) is 0 Å². The van der Waals surface area contributed by atoms with Crippen molar-refractivity contribution in [3.05, 3.63) is 0 Å². The molecule has 1 aliphatic heterocycles. The highest BCUT2D eigenvalue weighted by Gasteiger charge is 2.34. The molecule has 3 heteroatoms. The van der Waals surface area contributed by atoms with Crippen LogP contribution < -0.4 is 0 Å². The van der Waals surface area contributed by atoms with Crippen molar-refractivity contribution in [2.45, 2.75) is 46.5 Å². The molecule has 0 spiro atoms. The van der Waals surface area contributed by atoms with Gasteiger partial charge in [0.2, 0.25) is 0 Å². The van der Waals surface area contributed by atoms with E-state index in [4.69, 9.17) is 4.74 Å². The van der Waals surface area contributed by atoms with E-state index in [0.29, 0.717) is 0 Å². The summed E-state index contributed by atoms with van der Waals surface area (Å²) in [4.78, 5) is 13.9. The van der Waals surface area contributed by atoms with Gasteiger partial charge in [0.25, 0.3) is 0 Å². The van der Waals surface area contributed by atoms with E-state index in [2.05, 4.69) is 25.7 Å². The molecule has 1 heterocycles. The van der Waals surface area contributed by atoms with E-state index in [-0.39, 0.29) is 5.41 Å². The number of hydrogen-bond donors (Lipinski definition) is 0. The molecule has 0 aliphatic carbocycles. The molecule has 1 fully saturated rings. The van der Waals surface area contributed by atoms with E-state index in [9.17, 15) is 4.79 Å². The standard InChI is InChI=1S/C15H29NO2/c1-4-14(5-2)11-16(6-3)12-15(13-17)7-9-18-10-8-15/h13-14H,4-12H2,1-3H3. The maximum atomic E-state index is 11.5. The molecule has 3 nitrogen and oxygen atoms in total. The Bertz CT molecular complexity index is 233. The van der Waals surface area contributed by atoms with Crippen molar-refractivity contribution in [3.63, 3.8) is 0 Å². The van der Waals surface area contributed by atoms with Crippen molar-refractivity contribution >= 4 is 6.29 Å². The minimum atomic E-state index is -0.152. The fourth-order valence-electron chi connectivity index (χ4n) is 2.75. The molecule has 0 N–H and O–H groups in total. The first kappa shape index (κ1) is 15.6. The van der Waals surface area contributed by atoms with Gasteiger partial charge in [-0.05, 0) is 25.3 Å². The van der Waals surface area contributed by atoms with Crippen LogP contribution in [0.15, 0.2) is 0 Å². The van der Waals surface area contributed by atoms with Gasteiger partial charge in [0.15, 0.2) is 0 Å². The van der Waals surface area contributed by atoms with Crippen LogP contribution in [0.5, 0.6) is 0 Å². The topological polar surface area (TPSA) is 29.5 Å². The number of ether oxygens (including phenoxy) is 1. The Kier molecular flexibility index (Phi) is 6.87. The molecule has 0 atom stereocenters. The van der Waals surface area contributed by atoms with Crippen LogP contribution in [0, 0.1) is 11.3 Å². The average molecular weight is 255 g/mol. The molecule has 1 saturated heterocycles. The summed E-state index contributed by atoms with van der Waals surface area (Å²) >= 11 is 0. The van der Waals surface area contributed by atoms with Crippen molar-refractivity contribution in [3.8, 4) is 0 Å². The third-order valence-corrected chi connectivity index (χ3v) is 4.40. The highest BCUT2D eigenvalue weighted by Crippen LogP contribution is 2.29. The Hall–Kier alpha value is -0.410. The predicted octanol–water partition coefficient (Wildman–Crippen LogP) is 2.74. The number of rotatable bonds is 8. The van der Waals surface area contributed by atoms with Gasteiger partial charge >= 0.3 is 0 Å². The number of nitrogens with zero attached hydrogens (tertiary/aromatic N) is 1. The molecule has 0 aromatic carbocycles. The zero-order valence-electron chi connectivity index (χ0n) is 12.3. The Morgan fingerprint density at radius 1 is 1.22 bits per heavy atom. The fraction of sp³-hybridized carbons (Fsp3) is 0.933. The first-order chi connectivity index (χ1) is 8.69. The molecule has 0 saturated carbocycles. The maximum absolute atomic E-state index is 11.5. The van der Waals surface area contributed by atoms with E-state index < -0.39 is 0 Å². The summed E-state index contributed by atoms with van der Waals surface area (Å²) < 4.78 is 5.39. The summed E-state index contributed by atoms with van der Waals surface area (Å²) in [6.07, 6.45) is 5.41. The molecule has 0 bridgehead atoms. The van der Waals surface area contributed by atoms with Crippen molar-refractivity contribution in [2.24, 2.45) is 11.3 Å². The maximum Gasteiger partial charge on any atom is 0.127 e. The summed E-state index contributed by atoms with van der Waals surface area (Å²) in [5, 5.41) is 0. The third-order valence-electron chi connectivity index (χ3n) is 4.40. The molecular weight excluding hydrogens is 226 g/mol.